The van der Waals surface area contributed by atoms with Crippen molar-refractivity contribution >= 4 is 28.4 Å². The zero-order valence-electron chi connectivity index (χ0n) is 8.80. The number of hydrogen-bond donors (Lipinski definition) is 0. The van der Waals surface area contributed by atoms with E-state index in [0.29, 0.717) is 4.43 Å². The molecule has 0 aromatic heterocycles. The number of carbonyl (C=O) groups is 1. The third-order valence-electron chi connectivity index (χ3n) is 2.19. The van der Waals surface area contributed by atoms with Gasteiger partial charge in [0.15, 0.2) is 5.78 Å². The second-order valence-corrected chi connectivity index (χ2v) is 5.15. The topological polar surface area (TPSA) is 17.1 Å². The van der Waals surface area contributed by atoms with Crippen LogP contribution in [0.2, 0.25) is 0 Å². The van der Waals surface area contributed by atoms with Gasteiger partial charge in [0.05, 0.1) is 4.43 Å². The Balaban J connectivity index is 2.95. The number of rotatable bonds is 2. The van der Waals surface area contributed by atoms with Crippen LogP contribution in [0.25, 0.3) is 0 Å². The highest BCUT2D eigenvalue weighted by Gasteiger charge is 2.13. The number of alkyl halides is 1. The van der Waals surface area contributed by atoms with Crippen molar-refractivity contribution in [2.75, 3.05) is 4.43 Å². The number of halogens is 1. The maximum Gasteiger partial charge on any atom is 0.172 e. The summed E-state index contributed by atoms with van der Waals surface area (Å²) in [4.78, 5) is 11.4. The van der Waals surface area contributed by atoms with Gasteiger partial charge in [0, 0.05) is 5.56 Å². The van der Waals surface area contributed by atoms with Crippen LogP contribution in [-0.2, 0) is 5.41 Å². The Morgan fingerprint density at radius 2 is 1.71 bits per heavy atom. The highest BCUT2D eigenvalue weighted by molar-refractivity contribution is 14.1. The Bertz CT molecular complexity index is 319. The summed E-state index contributed by atoms with van der Waals surface area (Å²) in [6, 6.07) is 7.92. The molecule has 0 fully saturated rings. The Morgan fingerprint density at radius 1 is 1.21 bits per heavy atom. The normalized spacial score (nSPS) is 11.4. The maximum absolute atomic E-state index is 11.4. The summed E-state index contributed by atoms with van der Waals surface area (Å²) >= 11 is 2.09. The first kappa shape index (κ1) is 11.7. The molecule has 0 saturated carbocycles. The van der Waals surface area contributed by atoms with Crippen LogP contribution >= 0.6 is 22.6 Å². The van der Waals surface area contributed by atoms with E-state index in [0.717, 1.165) is 5.56 Å². The fourth-order valence-corrected chi connectivity index (χ4v) is 1.67. The Morgan fingerprint density at radius 3 is 2.07 bits per heavy atom. The molecular weight excluding hydrogens is 287 g/mol. The molecule has 0 heterocycles. The molecule has 0 aliphatic heterocycles. The van der Waals surface area contributed by atoms with Crippen LogP contribution < -0.4 is 0 Å². The van der Waals surface area contributed by atoms with Crippen molar-refractivity contribution in [3.8, 4) is 0 Å². The monoisotopic (exact) mass is 302 g/mol. The van der Waals surface area contributed by atoms with Crippen LogP contribution in [0.3, 0.4) is 0 Å². The minimum Gasteiger partial charge on any atom is -0.293 e. The molecule has 0 unspecified atom stereocenters. The van der Waals surface area contributed by atoms with E-state index in [2.05, 4.69) is 43.4 Å². The smallest absolute Gasteiger partial charge is 0.172 e. The van der Waals surface area contributed by atoms with Gasteiger partial charge in [-0.15, -0.1) is 0 Å². The third kappa shape index (κ3) is 2.80. The number of benzene rings is 1. The van der Waals surface area contributed by atoms with E-state index < -0.39 is 0 Å². The highest BCUT2D eigenvalue weighted by atomic mass is 127. The predicted octanol–water partition coefficient (Wildman–Crippen LogP) is 3.60. The lowest BCUT2D eigenvalue weighted by Gasteiger charge is -2.18. The molecule has 0 aliphatic rings. The van der Waals surface area contributed by atoms with Crippen molar-refractivity contribution in [1.29, 1.82) is 0 Å². The number of Topliss-reactive ketones (excluding diaryl/α,β-unsaturated/α-hetero) is 1. The molecule has 1 rings (SSSR count). The molecule has 0 amide bonds. The maximum atomic E-state index is 11.4. The molecule has 1 aromatic rings. The van der Waals surface area contributed by atoms with E-state index in [-0.39, 0.29) is 11.2 Å². The molecule has 0 atom stereocenters. The summed E-state index contributed by atoms with van der Waals surface area (Å²) in [6.07, 6.45) is 0. The fraction of sp³-hybridized carbons (Fsp3) is 0.417. The molecule has 0 radical (unpaired) electrons. The van der Waals surface area contributed by atoms with Crippen molar-refractivity contribution < 1.29 is 4.79 Å². The van der Waals surface area contributed by atoms with Gasteiger partial charge in [-0.2, -0.15) is 0 Å². The van der Waals surface area contributed by atoms with Crippen molar-refractivity contribution in [2.45, 2.75) is 26.2 Å². The van der Waals surface area contributed by atoms with Crippen molar-refractivity contribution in [3.05, 3.63) is 35.4 Å². The van der Waals surface area contributed by atoms with E-state index in [1.807, 2.05) is 24.3 Å². The Labute approximate surface area is 99.0 Å². The minimum atomic E-state index is 0.159. The standard InChI is InChI=1S/C12H15IO/c1-12(2,3)10-6-4-9(5-7-10)11(14)8-13/h4-7H,8H2,1-3H3. The van der Waals surface area contributed by atoms with Gasteiger partial charge in [-0.3, -0.25) is 4.79 Å². The van der Waals surface area contributed by atoms with Crippen LogP contribution in [0.4, 0.5) is 0 Å². The number of hydrogen-bond acceptors (Lipinski definition) is 1. The largest absolute Gasteiger partial charge is 0.293 e. The highest BCUT2D eigenvalue weighted by Crippen LogP contribution is 2.22. The van der Waals surface area contributed by atoms with Gasteiger partial charge >= 0.3 is 0 Å². The lowest BCUT2D eigenvalue weighted by Crippen LogP contribution is -2.11. The number of carbonyl (C=O) groups excluding carboxylic acids is 1. The summed E-state index contributed by atoms with van der Waals surface area (Å²) in [5, 5.41) is 0. The second-order valence-electron chi connectivity index (χ2n) is 4.38. The molecule has 0 bridgehead atoms. The van der Waals surface area contributed by atoms with E-state index in [9.17, 15) is 4.79 Å². The van der Waals surface area contributed by atoms with Crippen molar-refractivity contribution in [1.82, 2.24) is 0 Å². The fourth-order valence-electron chi connectivity index (χ4n) is 1.23. The molecule has 0 saturated heterocycles. The molecule has 0 spiro atoms. The van der Waals surface area contributed by atoms with Gasteiger partial charge in [0.1, 0.15) is 0 Å². The van der Waals surface area contributed by atoms with Gasteiger partial charge in [0.25, 0.3) is 0 Å². The van der Waals surface area contributed by atoms with E-state index in [1.165, 1.54) is 5.56 Å². The lowest BCUT2D eigenvalue weighted by atomic mass is 9.86. The number of ketones is 1. The molecule has 2 heteroatoms. The van der Waals surface area contributed by atoms with Gasteiger partial charge < -0.3 is 0 Å². The summed E-state index contributed by atoms with van der Waals surface area (Å²) in [5.41, 5.74) is 2.24. The molecular formula is C12H15IO. The Kier molecular flexibility index (Phi) is 3.70. The molecule has 1 aromatic carbocycles. The quantitative estimate of drug-likeness (QED) is 0.463. The first-order chi connectivity index (χ1) is 6.45. The van der Waals surface area contributed by atoms with Gasteiger partial charge in [-0.25, -0.2) is 0 Å². The minimum absolute atomic E-state index is 0.159. The molecule has 0 N–H and O–H groups in total. The van der Waals surface area contributed by atoms with Crippen LogP contribution in [0, 0.1) is 0 Å². The summed E-state index contributed by atoms with van der Waals surface area (Å²) < 4.78 is 0.548. The second kappa shape index (κ2) is 4.43. The molecule has 0 aliphatic carbocycles. The molecule has 1 nitrogen and oxygen atoms in total. The third-order valence-corrected chi connectivity index (χ3v) is 2.89. The van der Waals surface area contributed by atoms with E-state index in [4.69, 9.17) is 0 Å². The molecule has 14 heavy (non-hydrogen) atoms. The van der Waals surface area contributed by atoms with Crippen LogP contribution in [0.15, 0.2) is 24.3 Å². The van der Waals surface area contributed by atoms with E-state index in [1.54, 1.807) is 0 Å². The Hall–Kier alpha value is -0.380. The lowest BCUT2D eigenvalue weighted by molar-refractivity contribution is 0.102. The predicted molar refractivity (Wildman–Crippen MR) is 68.4 cm³/mol. The van der Waals surface area contributed by atoms with Crippen LogP contribution in [0.1, 0.15) is 36.7 Å². The zero-order chi connectivity index (χ0) is 10.8. The summed E-state index contributed by atoms with van der Waals surface area (Å²) in [6.45, 7) is 6.51. The van der Waals surface area contributed by atoms with Crippen molar-refractivity contribution in [2.24, 2.45) is 0 Å². The van der Waals surface area contributed by atoms with Crippen LogP contribution in [0.5, 0.6) is 0 Å². The van der Waals surface area contributed by atoms with Gasteiger partial charge in [0.2, 0.25) is 0 Å². The summed E-state index contributed by atoms with van der Waals surface area (Å²) in [5.74, 6) is 0.200. The van der Waals surface area contributed by atoms with Gasteiger partial charge in [-0.1, -0.05) is 67.6 Å². The average Bonchev–Trinajstić information content (AvgIpc) is 2.15. The first-order valence-electron chi connectivity index (χ1n) is 4.65. The zero-order valence-corrected chi connectivity index (χ0v) is 11.0. The SMILES string of the molecule is CC(C)(C)c1ccc(C(=O)CI)cc1. The average molecular weight is 302 g/mol. The van der Waals surface area contributed by atoms with Crippen LogP contribution in [-0.4, -0.2) is 10.2 Å². The van der Waals surface area contributed by atoms with Crippen molar-refractivity contribution in [3.63, 3.8) is 0 Å². The molecule has 76 valence electrons. The van der Waals surface area contributed by atoms with E-state index >= 15 is 0 Å². The first-order valence-corrected chi connectivity index (χ1v) is 6.17. The van der Waals surface area contributed by atoms with Gasteiger partial charge in [-0.05, 0) is 11.0 Å². The summed E-state index contributed by atoms with van der Waals surface area (Å²) in [7, 11) is 0.